The summed E-state index contributed by atoms with van der Waals surface area (Å²) in [5.41, 5.74) is 4.24. The lowest BCUT2D eigenvalue weighted by atomic mass is 9.94. The number of hydrogen-bond donors (Lipinski definition) is 3. The molecule has 3 rings (SSSR count). The van der Waals surface area contributed by atoms with E-state index in [-0.39, 0.29) is 35.2 Å². The Morgan fingerprint density at radius 2 is 1.96 bits per heavy atom. The Morgan fingerprint density at radius 3 is 2.70 bits per heavy atom. The van der Waals surface area contributed by atoms with E-state index in [4.69, 9.17) is 0 Å². The van der Waals surface area contributed by atoms with E-state index >= 15 is 0 Å². The smallest absolute Gasteiger partial charge is 0.170 e. The predicted octanol–water partition coefficient (Wildman–Crippen LogP) is 3.61. The summed E-state index contributed by atoms with van der Waals surface area (Å²) in [7, 11) is 0. The lowest BCUT2D eigenvalue weighted by molar-refractivity contribution is 0.0990. The van der Waals surface area contributed by atoms with Gasteiger partial charge in [-0.05, 0) is 41.2 Å². The zero-order chi connectivity index (χ0) is 16.6. The molecule has 0 unspecified atom stereocenters. The molecule has 0 fully saturated rings. The van der Waals surface area contributed by atoms with Gasteiger partial charge < -0.3 is 15.5 Å². The lowest BCUT2D eigenvalue weighted by Crippen LogP contribution is -2.05. The van der Waals surface area contributed by atoms with Gasteiger partial charge in [-0.25, -0.2) is 0 Å². The van der Waals surface area contributed by atoms with E-state index in [2.05, 4.69) is 5.32 Å². The molecule has 0 radical (unpaired) electrons. The van der Waals surface area contributed by atoms with Crippen LogP contribution >= 0.6 is 0 Å². The number of benzene rings is 2. The van der Waals surface area contributed by atoms with Gasteiger partial charge in [0.25, 0.3) is 0 Å². The topological polar surface area (TPSA) is 69.6 Å². The van der Waals surface area contributed by atoms with E-state index in [0.717, 1.165) is 24.2 Å². The van der Waals surface area contributed by atoms with Crippen molar-refractivity contribution in [3.05, 3.63) is 52.6 Å². The maximum absolute atomic E-state index is 12.6. The Morgan fingerprint density at radius 1 is 1.17 bits per heavy atom. The molecule has 2 aromatic carbocycles. The molecular weight excluding hydrogens is 290 g/mol. The summed E-state index contributed by atoms with van der Waals surface area (Å²) in [5, 5.41) is 23.2. The number of rotatable bonds is 4. The van der Waals surface area contributed by atoms with E-state index in [0.29, 0.717) is 5.56 Å². The molecule has 2 aromatic rings. The number of fused-ring (bicyclic) bond motifs is 1. The van der Waals surface area contributed by atoms with Crippen LogP contribution in [0.2, 0.25) is 0 Å². The molecular formula is C19H21NO3. The van der Waals surface area contributed by atoms with Gasteiger partial charge >= 0.3 is 0 Å². The second-order valence-electron chi connectivity index (χ2n) is 6.35. The zero-order valence-corrected chi connectivity index (χ0v) is 13.4. The largest absolute Gasteiger partial charge is 0.508 e. The first-order valence-electron chi connectivity index (χ1n) is 7.90. The normalized spacial score (nSPS) is 13.0. The van der Waals surface area contributed by atoms with Crippen molar-refractivity contribution < 1.29 is 15.0 Å². The molecule has 0 amide bonds. The molecule has 3 N–H and O–H groups in total. The van der Waals surface area contributed by atoms with Gasteiger partial charge in [0, 0.05) is 24.7 Å². The van der Waals surface area contributed by atoms with Crippen LogP contribution in [0.3, 0.4) is 0 Å². The number of Topliss-reactive ketones (excluding diaryl/α,β-unsaturated/α-hetero) is 1. The Balaban J connectivity index is 1.87. The molecule has 23 heavy (non-hydrogen) atoms. The molecule has 0 atom stereocenters. The number of carbonyl (C=O) groups is 1. The maximum atomic E-state index is 12.6. The van der Waals surface area contributed by atoms with Crippen LogP contribution in [0.4, 0.5) is 5.69 Å². The highest BCUT2D eigenvalue weighted by atomic mass is 16.3. The third-order valence-corrected chi connectivity index (χ3v) is 4.31. The Bertz CT molecular complexity index is 765. The van der Waals surface area contributed by atoms with Crippen molar-refractivity contribution in [3.8, 4) is 11.5 Å². The quantitative estimate of drug-likeness (QED) is 0.754. The Labute approximate surface area is 135 Å². The molecule has 0 saturated heterocycles. The average molecular weight is 311 g/mol. The van der Waals surface area contributed by atoms with Crippen LogP contribution in [0.1, 0.15) is 46.8 Å². The number of phenolic OH excluding ortho intramolecular Hbond substituents is 2. The van der Waals surface area contributed by atoms with Crippen LogP contribution in [0.25, 0.3) is 0 Å². The van der Waals surface area contributed by atoms with Crippen molar-refractivity contribution in [2.75, 3.05) is 11.9 Å². The summed E-state index contributed by atoms with van der Waals surface area (Å²) in [6, 6.07) is 8.85. The molecule has 0 spiro atoms. The van der Waals surface area contributed by atoms with Gasteiger partial charge in [0.1, 0.15) is 11.5 Å². The van der Waals surface area contributed by atoms with Gasteiger partial charge in [-0.15, -0.1) is 0 Å². The molecule has 120 valence electrons. The van der Waals surface area contributed by atoms with Gasteiger partial charge in [-0.3, -0.25) is 4.79 Å². The van der Waals surface area contributed by atoms with E-state index in [9.17, 15) is 15.0 Å². The van der Waals surface area contributed by atoms with Crippen molar-refractivity contribution in [1.29, 1.82) is 0 Å². The number of anilines is 1. The highest BCUT2D eigenvalue weighted by molar-refractivity contribution is 6.00. The minimum Gasteiger partial charge on any atom is -0.508 e. The Kier molecular flexibility index (Phi) is 3.99. The minimum absolute atomic E-state index is 0.0256. The molecule has 0 bridgehead atoms. The number of nitrogens with one attached hydrogen (secondary N) is 1. The first-order chi connectivity index (χ1) is 11.0. The SMILES string of the molecule is CC(C)c1cc(C(=O)Cc2ccc3c(c2)CCN3)c(O)cc1O. The van der Waals surface area contributed by atoms with Crippen molar-refractivity contribution >= 4 is 11.5 Å². The summed E-state index contributed by atoms with van der Waals surface area (Å²) < 4.78 is 0. The van der Waals surface area contributed by atoms with E-state index < -0.39 is 0 Å². The van der Waals surface area contributed by atoms with Crippen LogP contribution in [0.5, 0.6) is 11.5 Å². The minimum atomic E-state index is -0.167. The molecule has 0 saturated carbocycles. The zero-order valence-electron chi connectivity index (χ0n) is 13.4. The molecule has 4 heteroatoms. The molecule has 1 heterocycles. The first-order valence-corrected chi connectivity index (χ1v) is 7.90. The highest BCUT2D eigenvalue weighted by Gasteiger charge is 2.18. The van der Waals surface area contributed by atoms with Crippen LogP contribution in [-0.2, 0) is 12.8 Å². The monoisotopic (exact) mass is 311 g/mol. The Hall–Kier alpha value is -2.49. The number of phenols is 2. The van der Waals surface area contributed by atoms with Gasteiger partial charge in [-0.2, -0.15) is 0 Å². The van der Waals surface area contributed by atoms with Crippen LogP contribution in [0, 0.1) is 0 Å². The van der Waals surface area contributed by atoms with E-state index in [1.807, 2.05) is 32.0 Å². The molecule has 0 aliphatic carbocycles. The number of carbonyl (C=O) groups excluding carboxylic acids is 1. The summed E-state index contributed by atoms with van der Waals surface area (Å²) in [6.45, 7) is 4.81. The number of aromatic hydroxyl groups is 2. The first kappa shape index (κ1) is 15.4. The summed E-state index contributed by atoms with van der Waals surface area (Å²) >= 11 is 0. The summed E-state index contributed by atoms with van der Waals surface area (Å²) in [5.74, 6) is -0.207. The summed E-state index contributed by atoms with van der Waals surface area (Å²) in [4.78, 5) is 12.6. The average Bonchev–Trinajstić information content (AvgIpc) is 2.94. The second-order valence-corrected chi connectivity index (χ2v) is 6.35. The van der Waals surface area contributed by atoms with Crippen LogP contribution in [0.15, 0.2) is 30.3 Å². The van der Waals surface area contributed by atoms with E-state index in [1.54, 1.807) is 6.07 Å². The van der Waals surface area contributed by atoms with Crippen molar-refractivity contribution in [3.63, 3.8) is 0 Å². The van der Waals surface area contributed by atoms with Gasteiger partial charge in [0.2, 0.25) is 0 Å². The third-order valence-electron chi connectivity index (χ3n) is 4.31. The predicted molar refractivity (Wildman–Crippen MR) is 90.5 cm³/mol. The second kappa shape index (κ2) is 5.95. The van der Waals surface area contributed by atoms with Crippen molar-refractivity contribution in [2.45, 2.75) is 32.6 Å². The van der Waals surface area contributed by atoms with Gasteiger partial charge in [-0.1, -0.05) is 26.0 Å². The molecule has 1 aliphatic heterocycles. The fraction of sp³-hybridized carbons (Fsp3) is 0.316. The standard InChI is InChI=1S/C19H21NO3/c1-11(2)14-9-15(19(23)10-18(14)22)17(21)8-12-3-4-16-13(7-12)5-6-20-16/h3-4,7,9-11,20,22-23H,5-6,8H2,1-2H3. The van der Waals surface area contributed by atoms with E-state index in [1.165, 1.54) is 11.6 Å². The molecule has 4 nitrogen and oxygen atoms in total. The number of hydrogen-bond acceptors (Lipinski definition) is 4. The molecule has 1 aliphatic rings. The molecule has 0 aromatic heterocycles. The third kappa shape index (κ3) is 3.02. The lowest BCUT2D eigenvalue weighted by Gasteiger charge is -2.12. The van der Waals surface area contributed by atoms with Gasteiger partial charge in [0.15, 0.2) is 5.78 Å². The maximum Gasteiger partial charge on any atom is 0.170 e. The van der Waals surface area contributed by atoms with Crippen LogP contribution < -0.4 is 5.32 Å². The highest BCUT2D eigenvalue weighted by Crippen LogP contribution is 2.33. The summed E-state index contributed by atoms with van der Waals surface area (Å²) in [6.07, 6.45) is 1.21. The fourth-order valence-electron chi connectivity index (χ4n) is 3.03. The number of ketones is 1. The van der Waals surface area contributed by atoms with Crippen molar-refractivity contribution in [1.82, 2.24) is 0 Å². The van der Waals surface area contributed by atoms with Crippen LogP contribution in [-0.4, -0.2) is 22.5 Å². The van der Waals surface area contributed by atoms with Gasteiger partial charge in [0.05, 0.1) is 5.56 Å². The van der Waals surface area contributed by atoms with Crippen molar-refractivity contribution in [2.24, 2.45) is 0 Å². The fourth-order valence-corrected chi connectivity index (χ4v) is 3.03.